The normalized spacial score (nSPS) is 13.4. The standard InChI is InChI=1S/C18H20BrNOS2/c1-18(2,3)23(21)20-12-15-9-10-16(11-17(15)19)22-13-14-7-5-4-6-8-14/h4-12H,13H2,1-3H3. The summed E-state index contributed by atoms with van der Waals surface area (Å²) < 4.78 is 16.8. The molecular formula is C18H20BrNOS2. The topological polar surface area (TPSA) is 35.4 Å². The SMILES string of the molecule is CC(C)(C)[S+]([O-])N=Cc1ccc(SCc2ccccc2)cc1Br. The van der Waals surface area contributed by atoms with Gasteiger partial charge < -0.3 is 4.55 Å². The van der Waals surface area contributed by atoms with Crippen LogP contribution in [0.5, 0.6) is 0 Å². The lowest BCUT2D eigenvalue weighted by molar-refractivity contribution is 0.562. The van der Waals surface area contributed by atoms with Crippen LogP contribution in [0.3, 0.4) is 0 Å². The van der Waals surface area contributed by atoms with E-state index in [1.165, 1.54) is 10.5 Å². The van der Waals surface area contributed by atoms with Crippen molar-refractivity contribution in [1.29, 1.82) is 0 Å². The third-order valence-electron chi connectivity index (χ3n) is 3.03. The smallest absolute Gasteiger partial charge is 0.144 e. The number of benzene rings is 2. The number of nitrogens with zero attached hydrogens (tertiary/aromatic N) is 1. The molecule has 0 heterocycles. The Balaban J connectivity index is 2.02. The molecule has 0 N–H and O–H groups in total. The second kappa shape index (κ2) is 8.38. The molecule has 0 aliphatic heterocycles. The maximum Gasteiger partial charge on any atom is 0.144 e. The van der Waals surface area contributed by atoms with Gasteiger partial charge in [0.25, 0.3) is 0 Å². The van der Waals surface area contributed by atoms with E-state index < -0.39 is 11.4 Å². The third kappa shape index (κ3) is 5.99. The Hall–Kier alpha value is -0.750. The highest BCUT2D eigenvalue weighted by Gasteiger charge is 2.25. The summed E-state index contributed by atoms with van der Waals surface area (Å²) in [6.07, 6.45) is 1.68. The largest absolute Gasteiger partial charge is 0.591 e. The van der Waals surface area contributed by atoms with Crippen LogP contribution in [0.1, 0.15) is 31.9 Å². The van der Waals surface area contributed by atoms with Crippen molar-refractivity contribution in [3.05, 3.63) is 64.1 Å². The molecule has 2 aromatic carbocycles. The summed E-state index contributed by atoms with van der Waals surface area (Å²) in [5.41, 5.74) is 2.24. The van der Waals surface area contributed by atoms with Gasteiger partial charge in [-0.1, -0.05) is 56.7 Å². The van der Waals surface area contributed by atoms with Gasteiger partial charge in [-0.2, -0.15) is 0 Å². The summed E-state index contributed by atoms with van der Waals surface area (Å²) in [4.78, 5) is 1.19. The lowest BCUT2D eigenvalue weighted by Gasteiger charge is -2.17. The van der Waals surface area contributed by atoms with Crippen molar-refractivity contribution in [1.82, 2.24) is 0 Å². The molecule has 1 unspecified atom stereocenters. The molecule has 0 amide bonds. The third-order valence-corrected chi connectivity index (χ3v) is 6.13. The first-order valence-electron chi connectivity index (χ1n) is 7.28. The van der Waals surface area contributed by atoms with Gasteiger partial charge in [-0.15, -0.1) is 11.8 Å². The fraction of sp³-hybridized carbons (Fsp3) is 0.278. The maximum atomic E-state index is 12.0. The summed E-state index contributed by atoms with van der Waals surface area (Å²) >= 11 is 4.12. The van der Waals surface area contributed by atoms with Gasteiger partial charge >= 0.3 is 0 Å². The Labute approximate surface area is 154 Å². The Kier molecular flexibility index (Phi) is 6.77. The van der Waals surface area contributed by atoms with Crippen molar-refractivity contribution < 1.29 is 4.55 Å². The fourth-order valence-corrected chi connectivity index (χ4v) is 3.76. The van der Waals surface area contributed by atoms with Crippen LogP contribution in [-0.4, -0.2) is 15.5 Å². The highest BCUT2D eigenvalue weighted by Crippen LogP contribution is 2.27. The van der Waals surface area contributed by atoms with Crippen LogP contribution in [0.4, 0.5) is 0 Å². The van der Waals surface area contributed by atoms with E-state index >= 15 is 0 Å². The van der Waals surface area contributed by atoms with Gasteiger partial charge in [-0.25, -0.2) is 0 Å². The molecule has 0 fully saturated rings. The molecule has 0 aliphatic carbocycles. The van der Waals surface area contributed by atoms with Crippen LogP contribution in [-0.2, 0) is 17.1 Å². The highest BCUT2D eigenvalue weighted by molar-refractivity contribution is 9.10. The molecule has 0 aliphatic rings. The van der Waals surface area contributed by atoms with E-state index in [2.05, 4.69) is 56.7 Å². The first kappa shape index (κ1) is 18.6. The van der Waals surface area contributed by atoms with E-state index in [4.69, 9.17) is 0 Å². The zero-order valence-corrected chi connectivity index (χ0v) is 16.7. The van der Waals surface area contributed by atoms with Crippen LogP contribution in [0.15, 0.2) is 62.3 Å². The molecule has 5 heteroatoms. The molecule has 1 atom stereocenters. The van der Waals surface area contributed by atoms with Crippen LogP contribution in [0.2, 0.25) is 0 Å². The Morgan fingerprint density at radius 1 is 1.17 bits per heavy atom. The maximum absolute atomic E-state index is 12.0. The fourth-order valence-electron chi connectivity index (χ4n) is 1.71. The van der Waals surface area contributed by atoms with Crippen molar-refractivity contribution >= 4 is 45.3 Å². The van der Waals surface area contributed by atoms with Crippen molar-refractivity contribution in [2.75, 3.05) is 0 Å². The molecule has 2 aromatic rings. The number of hydrogen-bond acceptors (Lipinski definition) is 3. The summed E-state index contributed by atoms with van der Waals surface area (Å²) in [7, 11) is 0. The molecule has 2 rings (SSSR count). The van der Waals surface area contributed by atoms with E-state index in [0.29, 0.717) is 0 Å². The van der Waals surface area contributed by atoms with Crippen LogP contribution < -0.4 is 0 Å². The lowest BCUT2D eigenvalue weighted by atomic mass is 10.2. The minimum absolute atomic E-state index is 0.339. The van der Waals surface area contributed by atoms with Crippen LogP contribution in [0, 0.1) is 0 Å². The molecule has 0 radical (unpaired) electrons. The van der Waals surface area contributed by atoms with Crippen LogP contribution in [0.25, 0.3) is 0 Å². The molecular weight excluding hydrogens is 390 g/mol. The van der Waals surface area contributed by atoms with Gasteiger partial charge in [0.05, 0.1) is 6.21 Å². The number of halogens is 1. The second-order valence-electron chi connectivity index (χ2n) is 6.05. The second-order valence-corrected chi connectivity index (χ2v) is 9.89. The summed E-state index contributed by atoms with van der Waals surface area (Å²) in [5.74, 6) is 0.939. The Morgan fingerprint density at radius 3 is 2.48 bits per heavy atom. The van der Waals surface area contributed by atoms with Crippen molar-refractivity contribution in [2.45, 2.75) is 36.2 Å². The Morgan fingerprint density at radius 2 is 1.87 bits per heavy atom. The highest BCUT2D eigenvalue weighted by atomic mass is 79.9. The van der Waals surface area contributed by atoms with E-state index in [9.17, 15) is 4.55 Å². The van der Waals surface area contributed by atoms with E-state index in [1.54, 1.807) is 18.0 Å². The molecule has 23 heavy (non-hydrogen) atoms. The van der Waals surface area contributed by atoms with E-state index in [-0.39, 0.29) is 4.75 Å². The average molecular weight is 410 g/mol. The zero-order valence-electron chi connectivity index (χ0n) is 13.5. The minimum atomic E-state index is -1.24. The van der Waals surface area contributed by atoms with Gasteiger partial charge in [0.15, 0.2) is 0 Å². The first-order valence-corrected chi connectivity index (χ1v) is 10.2. The molecule has 2 nitrogen and oxygen atoms in total. The number of hydrogen-bond donors (Lipinski definition) is 0. The molecule has 122 valence electrons. The summed E-state index contributed by atoms with van der Waals surface area (Å²) in [6, 6.07) is 16.5. The predicted octanol–water partition coefficient (Wildman–Crippen LogP) is 5.62. The molecule has 0 aromatic heterocycles. The van der Waals surface area contributed by atoms with E-state index in [1.807, 2.05) is 32.9 Å². The molecule has 0 saturated heterocycles. The lowest BCUT2D eigenvalue weighted by Crippen LogP contribution is -2.25. The monoisotopic (exact) mass is 409 g/mol. The number of rotatable bonds is 5. The molecule has 0 spiro atoms. The van der Waals surface area contributed by atoms with Crippen molar-refractivity contribution in [3.8, 4) is 0 Å². The first-order chi connectivity index (χ1) is 10.9. The number of thioether (sulfide) groups is 1. The average Bonchev–Trinajstić information content (AvgIpc) is 2.51. The quantitative estimate of drug-likeness (QED) is 0.364. The minimum Gasteiger partial charge on any atom is -0.591 e. The molecule has 0 saturated carbocycles. The zero-order chi connectivity index (χ0) is 16.9. The van der Waals surface area contributed by atoms with Crippen LogP contribution >= 0.6 is 27.7 Å². The predicted molar refractivity (Wildman–Crippen MR) is 106 cm³/mol. The van der Waals surface area contributed by atoms with E-state index in [0.717, 1.165) is 15.8 Å². The van der Waals surface area contributed by atoms with Gasteiger partial charge in [0, 0.05) is 20.7 Å². The van der Waals surface area contributed by atoms with Crippen molar-refractivity contribution in [2.24, 2.45) is 4.40 Å². The molecule has 0 bridgehead atoms. The summed E-state index contributed by atoms with van der Waals surface area (Å²) in [6.45, 7) is 5.75. The summed E-state index contributed by atoms with van der Waals surface area (Å²) in [5, 5.41) is 0. The van der Waals surface area contributed by atoms with Gasteiger partial charge in [-0.3, -0.25) is 0 Å². The van der Waals surface area contributed by atoms with Gasteiger partial charge in [0.1, 0.15) is 16.1 Å². The van der Waals surface area contributed by atoms with Gasteiger partial charge in [0.2, 0.25) is 0 Å². The van der Waals surface area contributed by atoms with Crippen molar-refractivity contribution in [3.63, 3.8) is 0 Å². The van der Waals surface area contributed by atoms with Gasteiger partial charge in [-0.05, 0) is 38.5 Å². The Bertz CT molecular complexity index is 668.